The molecule has 63 heavy (non-hydrogen) atoms. The Hall–Kier alpha value is -8.14. The van der Waals surface area contributed by atoms with Gasteiger partial charge in [-0.2, -0.15) is 0 Å². The quantitative estimate of drug-likeness (QED) is 0.153. The van der Waals surface area contributed by atoms with Crippen molar-refractivity contribution in [3.8, 4) is 44.5 Å². The van der Waals surface area contributed by atoms with Crippen LogP contribution in [-0.4, -0.2) is 6.04 Å². The highest BCUT2D eigenvalue weighted by Gasteiger charge is 2.22. The maximum absolute atomic E-state index is 6.36. The van der Waals surface area contributed by atoms with Crippen LogP contribution in [0.25, 0.3) is 94.0 Å². The molecular formula is C60H41NO2. The molecule has 9 aromatic carbocycles. The van der Waals surface area contributed by atoms with Crippen LogP contribution in [-0.2, 0) is 0 Å². The molecule has 0 bridgehead atoms. The zero-order valence-electron chi connectivity index (χ0n) is 34.5. The Bertz CT molecular complexity index is 3500. The molecule has 2 heterocycles. The Balaban J connectivity index is 0.823. The van der Waals surface area contributed by atoms with E-state index in [4.69, 9.17) is 8.83 Å². The lowest BCUT2D eigenvalue weighted by molar-refractivity contribution is 0.669. The minimum absolute atomic E-state index is 0.132. The lowest BCUT2D eigenvalue weighted by Gasteiger charge is -2.33. The van der Waals surface area contributed by atoms with Gasteiger partial charge in [0.2, 0.25) is 0 Å². The molecule has 1 aliphatic carbocycles. The summed E-state index contributed by atoms with van der Waals surface area (Å²) in [6.45, 7) is 0. The molecule has 0 N–H and O–H groups in total. The molecule has 3 heteroatoms. The SMILES string of the molecule is C1=CC(N(c2ccc(-c3ccccc3)cc2)c2ccc(-c3ccc(-c4cccc5c4oc4ccccc45)cc3)cc2)CC=C1c1ccc(-c2cccc3c2oc2ccccc23)cc1. The number of allylic oxidation sites excluding steroid dienone is 2. The Kier molecular flexibility index (Phi) is 8.97. The molecule has 0 aliphatic heterocycles. The number of hydrogen-bond donors (Lipinski definition) is 0. The molecule has 1 atom stereocenters. The molecule has 3 nitrogen and oxygen atoms in total. The number of rotatable bonds is 8. The van der Waals surface area contributed by atoms with Crippen molar-refractivity contribution in [2.45, 2.75) is 12.5 Å². The number of fused-ring (bicyclic) bond motifs is 6. The largest absolute Gasteiger partial charge is 0.455 e. The van der Waals surface area contributed by atoms with Crippen LogP contribution in [0, 0.1) is 0 Å². The molecule has 2 aromatic heterocycles. The summed E-state index contributed by atoms with van der Waals surface area (Å²) in [6.07, 6.45) is 7.90. The molecule has 11 aromatic rings. The fourth-order valence-electron chi connectivity index (χ4n) is 9.44. The fraction of sp³-hybridized carbons (Fsp3) is 0.0333. The van der Waals surface area contributed by atoms with Crippen LogP contribution in [0.15, 0.2) is 239 Å². The molecule has 0 amide bonds. The van der Waals surface area contributed by atoms with Crippen molar-refractivity contribution in [2.75, 3.05) is 4.90 Å². The van der Waals surface area contributed by atoms with Gasteiger partial charge >= 0.3 is 0 Å². The predicted molar refractivity (Wildman–Crippen MR) is 263 cm³/mol. The first kappa shape index (κ1) is 36.7. The van der Waals surface area contributed by atoms with Gasteiger partial charge in [0, 0.05) is 44.0 Å². The van der Waals surface area contributed by atoms with Crippen LogP contribution in [0.3, 0.4) is 0 Å². The second-order valence-corrected chi connectivity index (χ2v) is 16.4. The summed E-state index contributed by atoms with van der Waals surface area (Å²) in [7, 11) is 0. The molecule has 0 saturated heterocycles. The van der Waals surface area contributed by atoms with E-state index in [2.05, 4.69) is 211 Å². The number of benzene rings is 9. The van der Waals surface area contributed by atoms with Gasteiger partial charge in [-0.1, -0.05) is 194 Å². The van der Waals surface area contributed by atoms with Gasteiger partial charge in [-0.15, -0.1) is 0 Å². The first-order valence-electron chi connectivity index (χ1n) is 21.7. The van der Waals surface area contributed by atoms with Gasteiger partial charge in [-0.05, 0) is 87.3 Å². The van der Waals surface area contributed by atoms with Crippen molar-refractivity contribution < 1.29 is 8.83 Å². The van der Waals surface area contributed by atoms with E-state index < -0.39 is 0 Å². The molecule has 1 aliphatic rings. The molecule has 0 saturated carbocycles. The lowest BCUT2D eigenvalue weighted by Crippen LogP contribution is -2.30. The van der Waals surface area contributed by atoms with Crippen molar-refractivity contribution in [3.63, 3.8) is 0 Å². The normalized spacial score (nSPS) is 13.8. The standard InChI is InChI=1S/C60H41NO2/c1-2-10-40(11-3-1)43-28-34-48(35-29-43)61(49-36-30-44(31-37-49)41-20-24-46(25-21-41)51-14-8-16-55-53-12-4-6-18-57(53)62-59(51)55)50-38-32-45(33-39-50)42-22-26-47(27-23-42)52-15-9-17-56-54-13-5-7-19-58(54)63-60(52)56/h1-38,50H,39H2. The van der Waals surface area contributed by atoms with E-state index in [1.165, 1.54) is 33.4 Å². The summed E-state index contributed by atoms with van der Waals surface area (Å²) < 4.78 is 12.7. The third-order valence-corrected chi connectivity index (χ3v) is 12.7. The van der Waals surface area contributed by atoms with Crippen LogP contribution in [0.5, 0.6) is 0 Å². The Morgan fingerprint density at radius 3 is 1.25 bits per heavy atom. The summed E-state index contributed by atoms with van der Waals surface area (Å²) >= 11 is 0. The third-order valence-electron chi connectivity index (χ3n) is 12.7. The summed E-state index contributed by atoms with van der Waals surface area (Å²) in [6, 6.07) is 75.8. The Morgan fingerprint density at radius 2 is 0.762 bits per heavy atom. The average Bonchev–Trinajstić information content (AvgIpc) is 3.94. The summed E-state index contributed by atoms with van der Waals surface area (Å²) in [4.78, 5) is 2.47. The first-order chi connectivity index (χ1) is 31.2. The van der Waals surface area contributed by atoms with Crippen LogP contribution in [0.2, 0.25) is 0 Å². The van der Waals surface area contributed by atoms with Gasteiger partial charge in [0.1, 0.15) is 22.3 Å². The van der Waals surface area contributed by atoms with Gasteiger partial charge < -0.3 is 13.7 Å². The molecule has 0 fully saturated rings. The highest BCUT2D eigenvalue weighted by Crippen LogP contribution is 2.40. The highest BCUT2D eigenvalue weighted by molar-refractivity contribution is 6.10. The number of hydrogen-bond acceptors (Lipinski definition) is 3. The van der Waals surface area contributed by atoms with Gasteiger partial charge in [-0.25, -0.2) is 0 Å². The zero-order chi connectivity index (χ0) is 41.7. The number of anilines is 2. The minimum Gasteiger partial charge on any atom is -0.455 e. The Labute approximate surface area is 366 Å². The summed E-state index contributed by atoms with van der Waals surface area (Å²) in [5.41, 5.74) is 17.7. The lowest BCUT2D eigenvalue weighted by atomic mass is 9.93. The van der Waals surface area contributed by atoms with E-state index in [1.807, 2.05) is 24.3 Å². The topological polar surface area (TPSA) is 29.5 Å². The smallest absolute Gasteiger partial charge is 0.143 e. The second-order valence-electron chi connectivity index (χ2n) is 16.4. The first-order valence-corrected chi connectivity index (χ1v) is 21.7. The third kappa shape index (κ3) is 6.63. The van der Waals surface area contributed by atoms with E-state index in [1.54, 1.807) is 0 Å². The van der Waals surface area contributed by atoms with Gasteiger partial charge in [0.25, 0.3) is 0 Å². The maximum atomic E-state index is 6.36. The fourth-order valence-corrected chi connectivity index (χ4v) is 9.44. The highest BCUT2D eigenvalue weighted by atomic mass is 16.3. The molecule has 1 unspecified atom stereocenters. The van der Waals surface area contributed by atoms with Crippen LogP contribution in [0.1, 0.15) is 12.0 Å². The van der Waals surface area contributed by atoms with E-state index in [-0.39, 0.29) is 6.04 Å². The van der Waals surface area contributed by atoms with Gasteiger partial charge in [-0.3, -0.25) is 0 Å². The van der Waals surface area contributed by atoms with Crippen molar-refractivity contribution in [1.82, 2.24) is 0 Å². The van der Waals surface area contributed by atoms with Gasteiger partial charge in [0.15, 0.2) is 0 Å². The van der Waals surface area contributed by atoms with Crippen LogP contribution in [0.4, 0.5) is 11.4 Å². The van der Waals surface area contributed by atoms with Crippen molar-refractivity contribution in [2.24, 2.45) is 0 Å². The Morgan fingerprint density at radius 1 is 0.349 bits per heavy atom. The van der Waals surface area contributed by atoms with E-state index in [0.717, 1.165) is 83.9 Å². The van der Waals surface area contributed by atoms with Crippen molar-refractivity contribution in [1.29, 1.82) is 0 Å². The minimum atomic E-state index is 0.132. The van der Waals surface area contributed by atoms with Crippen molar-refractivity contribution in [3.05, 3.63) is 236 Å². The molecule has 0 radical (unpaired) electrons. The van der Waals surface area contributed by atoms with Gasteiger partial charge in [0.05, 0.1) is 6.04 Å². The maximum Gasteiger partial charge on any atom is 0.143 e. The molecule has 0 spiro atoms. The van der Waals surface area contributed by atoms with Crippen molar-refractivity contribution >= 4 is 60.8 Å². The summed E-state index contributed by atoms with van der Waals surface area (Å²) in [5.74, 6) is 0. The predicted octanol–water partition coefficient (Wildman–Crippen LogP) is 16.7. The van der Waals surface area contributed by atoms with Crippen LogP contribution >= 0.6 is 0 Å². The zero-order valence-corrected chi connectivity index (χ0v) is 34.5. The molecule has 298 valence electrons. The molecule has 12 rings (SSSR count). The average molecular weight is 808 g/mol. The molecular weight excluding hydrogens is 767 g/mol. The van der Waals surface area contributed by atoms with E-state index in [0.29, 0.717) is 0 Å². The van der Waals surface area contributed by atoms with E-state index in [9.17, 15) is 0 Å². The van der Waals surface area contributed by atoms with Crippen LogP contribution < -0.4 is 4.90 Å². The van der Waals surface area contributed by atoms with E-state index >= 15 is 0 Å². The number of para-hydroxylation sites is 4. The second kappa shape index (κ2) is 15.4. The number of furan rings is 2. The monoisotopic (exact) mass is 807 g/mol. The number of nitrogens with zero attached hydrogens (tertiary/aromatic N) is 1. The summed E-state index contributed by atoms with van der Waals surface area (Å²) in [5, 5.41) is 4.58.